The molecule has 0 unspecified atom stereocenters. The zero-order chi connectivity index (χ0) is 15.7. The van der Waals surface area contributed by atoms with E-state index in [-0.39, 0.29) is 18.0 Å². The highest BCUT2D eigenvalue weighted by atomic mass is 16.2. The summed E-state index contributed by atoms with van der Waals surface area (Å²) in [4.78, 5) is 18.3. The van der Waals surface area contributed by atoms with Gasteiger partial charge in [-0.25, -0.2) is 4.98 Å². The standard InChI is InChI=1S/C15H22N6O/c1-10-8-18-19-12(10)9-17-11-4-5-13(22)21(3)14(11)15-16-6-7-20(15)2/h6-8,11,14,17H,4-5,9H2,1-3H3,(H,18,19)/t11-,14-/m1/s1. The van der Waals surface area contributed by atoms with Crippen molar-refractivity contribution in [2.24, 2.45) is 7.05 Å². The van der Waals surface area contributed by atoms with Crippen LogP contribution < -0.4 is 5.32 Å². The van der Waals surface area contributed by atoms with E-state index in [4.69, 9.17) is 0 Å². The topological polar surface area (TPSA) is 78.8 Å². The molecule has 2 atom stereocenters. The summed E-state index contributed by atoms with van der Waals surface area (Å²) in [7, 11) is 3.82. The maximum Gasteiger partial charge on any atom is 0.223 e. The third-order valence-corrected chi connectivity index (χ3v) is 4.46. The van der Waals surface area contributed by atoms with Gasteiger partial charge in [0.2, 0.25) is 5.91 Å². The molecule has 7 nitrogen and oxygen atoms in total. The van der Waals surface area contributed by atoms with E-state index < -0.39 is 0 Å². The molecule has 2 aromatic heterocycles. The number of hydrogen-bond acceptors (Lipinski definition) is 4. The van der Waals surface area contributed by atoms with Gasteiger partial charge in [0, 0.05) is 45.5 Å². The molecule has 1 amide bonds. The number of amides is 1. The van der Waals surface area contributed by atoms with E-state index >= 15 is 0 Å². The lowest BCUT2D eigenvalue weighted by Gasteiger charge is -2.39. The number of carbonyl (C=O) groups excluding carboxylic acids is 1. The lowest BCUT2D eigenvalue weighted by atomic mass is 9.95. The molecule has 1 saturated heterocycles. The Labute approximate surface area is 129 Å². The van der Waals surface area contributed by atoms with Crippen LogP contribution in [-0.2, 0) is 18.4 Å². The van der Waals surface area contributed by atoms with Gasteiger partial charge in [0.15, 0.2) is 0 Å². The first-order chi connectivity index (χ1) is 10.6. The highest BCUT2D eigenvalue weighted by Crippen LogP contribution is 2.29. The van der Waals surface area contributed by atoms with Gasteiger partial charge in [0.05, 0.1) is 11.9 Å². The zero-order valence-corrected chi connectivity index (χ0v) is 13.2. The number of aromatic nitrogens is 4. The number of likely N-dealkylation sites (N-methyl/N-ethyl adjacent to an activating group) is 1. The fraction of sp³-hybridized carbons (Fsp3) is 0.533. The number of piperidine rings is 1. The number of aromatic amines is 1. The third kappa shape index (κ3) is 2.64. The number of nitrogens with one attached hydrogen (secondary N) is 2. The van der Waals surface area contributed by atoms with E-state index in [0.29, 0.717) is 13.0 Å². The average Bonchev–Trinajstić information content (AvgIpc) is 3.09. The van der Waals surface area contributed by atoms with Crippen molar-refractivity contribution < 1.29 is 4.79 Å². The number of rotatable bonds is 4. The van der Waals surface area contributed by atoms with Gasteiger partial charge in [-0.3, -0.25) is 9.89 Å². The molecule has 0 saturated carbocycles. The zero-order valence-electron chi connectivity index (χ0n) is 13.2. The summed E-state index contributed by atoms with van der Waals surface area (Å²) in [6, 6.07) is 0.121. The van der Waals surface area contributed by atoms with Crippen LogP contribution in [0.3, 0.4) is 0 Å². The number of hydrogen-bond donors (Lipinski definition) is 2. The van der Waals surface area contributed by atoms with Gasteiger partial charge in [-0.05, 0) is 18.9 Å². The summed E-state index contributed by atoms with van der Waals surface area (Å²) in [5.74, 6) is 1.08. The molecule has 3 heterocycles. The summed E-state index contributed by atoms with van der Waals surface area (Å²) in [5, 5.41) is 10.6. The molecule has 1 fully saturated rings. The van der Waals surface area contributed by atoms with Crippen molar-refractivity contribution in [1.29, 1.82) is 0 Å². The van der Waals surface area contributed by atoms with Crippen LogP contribution in [0.1, 0.15) is 36.0 Å². The Kier molecular flexibility index (Phi) is 3.98. The largest absolute Gasteiger partial charge is 0.336 e. The normalized spacial score (nSPS) is 22.3. The Hall–Kier alpha value is -2.15. The molecule has 0 spiro atoms. The Morgan fingerprint density at radius 1 is 1.45 bits per heavy atom. The van der Waals surface area contributed by atoms with Gasteiger partial charge >= 0.3 is 0 Å². The Balaban J connectivity index is 1.80. The first-order valence-corrected chi connectivity index (χ1v) is 7.53. The second-order valence-corrected chi connectivity index (χ2v) is 5.90. The highest BCUT2D eigenvalue weighted by Gasteiger charge is 2.36. The molecule has 1 aliphatic rings. The van der Waals surface area contributed by atoms with E-state index in [9.17, 15) is 4.79 Å². The van der Waals surface area contributed by atoms with Crippen LogP contribution >= 0.6 is 0 Å². The van der Waals surface area contributed by atoms with Crippen LogP contribution in [0.5, 0.6) is 0 Å². The van der Waals surface area contributed by atoms with Crippen molar-refractivity contribution in [3.8, 4) is 0 Å². The molecule has 0 radical (unpaired) electrons. The monoisotopic (exact) mass is 302 g/mol. The maximum atomic E-state index is 12.1. The lowest BCUT2D eigenvalue weighted by molar-refractivity contribution is -0.136. The fourth-order valence-electron chi connectivity index (χ4n) is 3.05. The molecule has 2 aromatic rings. The molecular formula is C15H22N6O. The van der Waals surface area contributed by atoms with E-state index in [1.807, 2.05) is 42.9 Å². The molecule has 7 heteroatoms. The molecule has 3 rings (SSSR count). The molecule has 2 N–H and O–H groups in total. The number of H-pyrrole nitrogens is 1. The molecule has 1 aliphatic heterocycles. The van der Waals surface area contributed by atoms with Crippen molar-refractivity contribution in [3.05, 3.63) is 35.7 Å². The highest BCUT2D eigenvalue weighted by molar-refractivity contribution is 5.77. The number of likely N-dealkylation sites (tertiary alicyclic amines) is 1. The van der Waals surface area contributed by atoms with Crippen molar-refractivity contribution in [1.82, 2.24) is 30.0 Å². The van der Waals surface area contributed by atoms with Crippen LogP contribution in [0.2, 0.25) is 0 Å². The van der Waals surface area contributed by atoms with Crippen molar-refractivity contribution >= 4 is 5.91 Å². The van der Waals surface area contributed by atoms with Crippen molar-refractivity contribution in [2.45, 2.75) is 38.4 Å². The molecule has 22 heavy (non-hydrogen) atoms. The number of aryl methyl sites for hydroxylation is 2. The minimum absolute atomic E-state index is 0.0514. The quantitative estimate of drug-likeness (QED) is 0.879. The summed E-state index contributed by atoms with van der Waals surface area (Å²) in [6.07, 6.45) is 6.89. The van der Waals surface area contributed by atoms with E-state index in [1.54, 1.807) is 6.20 Å². The second-order valence-electron chi connectivity index (χ2n) is 5.90. The Morgan fingerprint density at radius 3 is 2.91 bits per heavy atom. The number of carbonyl (C=O) groups is 1. The smallest absolute Gasteiger partial charge is 0.223 e. The van der Waals surface area contributed by atoms with Crippen LogP contribution in [-0.4, -0.2) is 43.6 Å². The molecule has 0 aliphatic carbocycles. The van der Waals surface area contributed by atoms with E-state index in [1.165, 1.54) is 0 Å². The Bertz CT molecular complexity index is 661. The molecule has 0 bridgehead atoms. The fourth-order valence-corrected chi connectivity index (χ4v) is 3.05. The predicted molar refractivity (Wildman–Crippen MR) is 81.9 cm³/mol. The summed E-state index contributed by atoms with van der Waals surface area (Å²) < 4.78 is 1.98. The third-order valence-electron chi connectivity index (χ3n) is 4.46. The second kappa shape index (κ2) is 5.92. The van der Waals surface area contributed by atoms with Crippen LogP contribution in [0.4, 0.5) is 0 Å². The van der Waals surface area contributed by atoms with Gasteiger partial charge in [0.1, 0.15) is 11.9 Å². The lowest BCUT2D eigenvalue weighted by Crippen LogP contribution is -2.49. The predicted octanol–water partition coefficient (Wildman–Crippen LogP) is 0.903. The minimum atomic E-state index is -0.0514. The van der Waals surface area contributed by atoms with Crippen LogP contribution in [0.25, 0.3) is 0 Å². The number of nitrogens with zero attached hydrogens (tertiary/aromatic N) is 4. The van der Waals surface area contributed by atoms with Crippen molar-refractivity contribution in [3.63, 3.8) is 0 Å². The molecule has 0 aromatic carbocycles. The first kappa shape index (κ1) is 14.8. The van der Waals surface area contributed by atoms with Gasteiger partial charge in [-0.15, -0.1) is 0 Å². The van der Waals surface area contributed by atoms with E-state index in [0.717, 1.165) is 23.5 Å². The van der Waals surface area contributed by atoms with Gasteiger partial charge in [-0.2, -0.15) is 5.10 Å². The van der Waals surface area contributed by atoms with E-state index in [2.05, 4.69) is 20.5 Å². The van der Waals surface area contributed by atoms with Crippen LogP contribution in [0, 0.1) is 6.92 Å². The summed E-state index contributed by atoms with van der Waals surface area (Å²) in [6.45, 7) is 2.74. The van der Waals surface area contributed by atoms with Gasteiger partial charge in [-0.1, -0.05) is 0 Å². The summed E-state index contributed by atoms with van der Waals surface area (Å²) in [5.41, 5.74) is 2.22. The van der Waals surface area contributed by atoms with Crippen molar-refractivity contribution in [2.75, 3.05) is 7.05 Å². The maximum absolute atomic E-state index is 12.1. The molecule has 118 valence electrons. The first-order valence-electron chi connectivity index (χ1n) is 7.53. The Morgan fingerprint density at radius 2 is 2.27 bits per heavy atom. The van der Waals surface area contributed by atoms with Gasteiger partial charge < -0.3 is 14.8 Å². The minimum Gasteiger partial charge on any atom is -0.336 e. The van der Waals surface area contributed by atoms with Gasteiger partial charge in [0.25, 0.3) is 0 Å². The number of imidazole rings is 1. The summed E-state index contributed by atoms with van der Waals surface area (Å²) >= 11 is 0. The van der Waals surface area contributed by atoms with Crippen LogP contribution in [0.15, 0.2) is 18.6 Å². The molecular weight excluding hydrogens is 280 g/mol. The SMILES string of the molecule is Cc1cn[nH]c1CN[C@@H]1CCC(=O)N(C)[C@H]1c1nccn1C. The average molecular weight is 302 g/mol.